The zero-order valence-electron chi connectivity index (χ0n) is 15.9. The topological polar surface area (TPSA) is 92.9 Å². The lowest BCUT2D eigenvalue weighted by molar-refractivity contribution is -0.159. The Labute approximate surface area is 177 Å². The largest absolute Gasteiger partial charge is 0.488 e. The van der Waals surface area contributed by atoms with Crippen LogP contribution < -0.4 is 10.2 Å². The summed E-state index contributed by atoms with van der Waals surface area (Å²) in [5.41, 5.74) is 4.66. The molecule has 29 heavy (non-hydrogen) atoms. The van der Waals surface area contributed by atoms with Gasteiger partial charge >= 0.3 is 0 Å². The maximum atomic E-state index is 12.0. The molecule has 1 fully saturated rings. The summed E-state index contributed by atoms with van der Waals surface area (Å²) in [6.07, 6.45) is 1.61. The third kappa shape index (κ3) is 5.87. The van der Waals surface area contributed by atoms with Gasteiger partial charge in [0, 0.05) is 5.56 Å². The van der Waals surface area contributed by atoms with Crippen LogP contribution in [-0.2, 0) is 20.9 Å². The van der Waals surface area contributed by atoms with Crippen molar-refractivity contribution in [3.8, 4) is 11.8 Å². The van der Waals surface area contributed by atoms with E-state index in [4.69, 9.17) is 19.5 Å². The first-order valence-corrected chi connectivity index (χ1v) is 9.78. The molecule has 0 atom stereocenters. The molecule has 2 aromatic carbocycles. The Hall–Kier alpha value is -2.73. The number of nitrogens with one attached hydrogen (secondary N) is 1. The number of hydrogen-bond donors (Lipinski definition) is 1. The molecule has 0 unspecified atom stereocenters. The summed E-state index contributed by atoms with van der Waals surface area (Å²) in [6, 6.07) is 14.9. The van der Waals surface area contributed by atoms with Gasteiger partial charge in [0.2, 0.25) is 5.91 Å². The summed E-state index contributed by atoms with van der Waals surface area (Å²) in [5.74, 6) is -0.533. The van der Waals surface area contributed by atoms with Crippen molar-refractivity contribution in [3.63, 3.8) is 0 Å². The summed E-state index contributed by atoms with van der Waals surface area (Å²) in [7, 11) is 0. The average Bonchev–Trinajstić information content (AvgIpc) is 3.13. The van der Waals surface area contributed by atoms with Crippen LogP contribution in [0, 0.1) is 11.3 Å². The molecule has 0 spiro atoms. The first-order valence-electron chi connectivity index (χ1n) is 8.99. The molecule has 150 valence electrons. The van der Waals surface area contributed by atoms with Crippen molar-refractivity contribution in [2.45, 2.75) is 25.7 Å². The van der Waals surface area contributed by atoms with Crippen molar-refractivity contribution in [1.29, 1.82) is 5.26 Å². The molecule has 7 nitrogen and oxygen atoms in total. The monoisotopic (exact) mass is 457 g/mol. The number of carbonyl (C=O) groups excluding carboxylic acids is 1. The van der Waals surface area contributed by atoms with Crippen molar-refractivity contribution in [2.24, 2.45) is 5.10 Å². The number of rotatable bonds is 7. The predicted octanol–water partition coefficient (Wildman–Crippen LogP) is 3.50. The van der Waals surface area contributed by atoms with Gasteiger partial charge in [-0.25, -0.2) is 5.43 Å². The van der Waals surface area contributed by atoms with E-state index in [9.17, 15) is 4.79 Å². The lowest BCUT2D eigenvalue weighted by Crippen LogP contribution is -2.33. The summed E-state index contributed by atoms with van der Waals surface area (Å²) in [6.45, 7) is 2.98. The molecular formula is C21H20BrN3O4. The van der Waals surface area contributed by atoms with Crippen LogP contribution in [0.1, 0.15) is 30.0 Å². The van der Waals surface area contributed by atoms with E-state index in [1.54, 1.807) is 19.1 Å². The average molecular weight is 458 g/mol. The molecule has 1 aliphatic heterocycles. The lowest BCUT2D eigenvalue weighted by Gasteiger charge is -2.20. The molecule has 1 heterocycles. The molecule has 1 amide bonds. The Kier molecular flexibility index (Phi) is 6.99. The second-order valence-electron chi connectivity index (χ2n) is 6.55. The Morgan fingerprint density at radius 3 is 2.83 bits per heavy atom. The highest BCUT2D eigenvalue weighted by atomic mass is 79.9. The van der Waals surface area contributed by atoms with Gasteiger partial charge in [0.25, 0.3) is 0 Å². The fourth-order valence-corrected chi connectivity index (χ4v) is 3.30. The van der Waals surface area contributed by atoms with E-state index in [1.165, 1.54) is 6.21 Å². The quantitative estimate of drug-likeness (QED) is 0.507. The molecule has 0 radical (unpaired) electrons. The lowest BCUT2D eigenvalue weighted by atomic mass is 10.1. The highest BCUT2D eigenvalue weighted by Crippen LogP contribution is 2.27. The summed E-state index contributed by atoms with van der Waals surface area (Å²) < 4.78 is 17.3. The van der Waals surface area contributed by atoms with E-state index in [2.05, 4.69) is 32.5 Å². The Balaban J connectivity index is 1.54. The van der Waals surface area contributed by atoms with Gasteiger partial charge in [-0.1, -0.05) is 18.2 Å². The normalized spacial score (nSPS) is 15.2. The summed E-state index contributed by atoms with van der Waals surface area (Å²) in [4.78, 5) is 12.0. The van der Waals surface area contributed by atoms with Gasteiger partial charge in [0.05, 0.1) is 42.0 Å². The number of ether oxygens (including phenoxy) is 3. The van der Waals surface area contributed by atoms with Gasteiger partial charge in [0.1, 0.15) is 12.4 Å². The van der Waals surface area contributed by atoms with Crippen LogP contribution in [0.5, 0.6) is 5.75 Å². The smallest absolute Gasteiger partial charge is 0.245 e. The van der Waals surface area contributed by atoms with Crippen LogP contribution in [-0.4, -0.2) is 31.1 Å². The minimum Gasteiger partial charge on any atom is -0.488 e. The minimum atomic E-state index is -0.883. The Morgan fingerprint density at radius 2 is 2.10 bits per heavy atom. The van der Waals surface area contributed by atoms with Crippen LogP contribution in [0.15, 0.2) is 52.0 Å². The number of nitrogens with zero attached hydrogens (tertiary/aromatic N) is 2. The molecule has 0 aromatic heterocycles. The first-order chi connectivity index (χ1) is 14.0. The first kappa shape index (κ1) is 21.0. The number of hydrazone groups is 1. The van der Waals surface area contributed by atoms with Gasteiger partial charge in [0.15, 0.2) is 5.79 Å². The second-order valence-corrected chi connectivity index (χ2v) is 7.40. The SMILES string of the molecule is CC1(CC(=O)N/N=C\c2ccc(OCc3ccccc3C#N)c(Br)c2)OCCO1. The van der Waals surface area contributed by atoms with Crippen LogP contribution in [0.3, 0.4) is 0 Å². The van der Waals surface area contributed by atoms with Gasteiger partial charge in [-0.15, -0.1) is 0 Å². The highest BCUT2D eigenvalue weighted by molar-refractivity contribution is 9.10. The molecule has 3 rings (SSSR count). The molecule has 0 bridgehead atoms. The van der Waals surface area contributed by atoms with Crippen molar-refractivity contribution in [3.05, 3.63) is 63.6 Å². The van der Waals surface area contributed by atoms with Gasteiger partial charge < -0.3 is 14.2 Å². The molecular weight excluding hydrogens is 438 g/mol. The molecule has 2 aromatic rings. The maximum Gasteiger partial charge on any atom is 0.245 e. The number of amides is 1. The standard InChI is InChI=1S/C21H20BrN3O4/c1-21(28-8-9-29-21)11-20(26)25-24-13-15-6-7-19(18(22)10-15)27-14-17-5-3-2-4-16(17)12-23/h2-7,10,13H,8-9,11,14H2,1H3,(H,25,26)/b24-13-. The van der Waals surface area contributed by atoms with E-state index >= 15 is 0 Å². The number of halogens is 1. The number of carbonyl (C=O) groups is 1. The molecule has 1 N–H and O–H groups in total. The van der Waals surface area contributed by atoms with Crippen LogP contribution in [0.25, 0.3) is 0 Å². The highest BCUT2D eigenvalue weighted by Gasteiger charge is 2.33. The molecule has 0 saturated carbocycles. The van der Waals surface area contributed by atoms with E-state index in [0.717, 1.165) is 15.6 Å². The zero-order chi connectivity index (χ0) is 20.7. The number of nitriles is 1. The number of benzene rings is 2. The fraction of sp³-hybridized carbons (Fsp3) is 0.286. The maximum absolute atomic E-state index is 12.0. The Bertz CT molecular complexity index is 949. The molecule has 1 aliphatic rings. The van der Waals surface area contributed by atoms with E-state index < -0.39 is 5.79 Å². The number of hydrogen-bond acceptors (Lipinski definition) is 6. The van der Waals surface area contributed by atoms with Crippen molar-refractivity contribution in [2.75, 3.05) is 13.2 Å². The fourth-order valence-electron chi connectivity index (χ4n) is 2.79. The van der Waals surface area contributed by atoms with Crippen LogP contribution in [0.2, 0.25) is 0 Å². The summed E-state index contributed by atoms with van der Waals surface area (Å²) >= 11 is 3.47. The van der Waals surface area contributed by atoms with Crippen molar-refractivity contribution < 1.29 is 19.0 Å². The van der Waals surface area contributed by atoms with Crippen LogP contribution >= 0.6 is 15.9 Å². The van der Waals surface area contributed by atoms with Gasteiger partial charge in [-0.05, 0) is 52.7 Å². The molecule has 1 saturated heterocycles. The predicted molar refractivity (Wildman–Crippen MR) is 110 cm³/mol. The molecule has 0 aliphatic carbocycles. The third-order valence-electron chi connectivity index (χ3n) is 4.26. The van der Waals surface area contributed by atoms with E-state index in [-0.39, 0.29) is 18.9 Å². The van der Waals surface area contributed by atoms with Crippen LogP contribution in [0.4, 0.5) is 0 Å². The van der Waals surface area contributed by atoms with E-state index in [1.807, 2.05) is 30.3 Å². The second kappa shape index (κ2) is 9.65. The van der Waals surface area contributed by atoms with E-state index in [0.29, 0.717) is 24.5 Å². The molecule has 8 heteroatoms. The van der Waals surface area contributed by atoms with Gasteiger partial charge in [-0.3, -0.25) is 4.79 Å². The Morgan fingerprint density at radius 1 is 1.34 bits per heavy atom. The van der Waals surface area contributed by atoms with Crippen molar-refractivity contribution in [1.82, 2.24) is 5.43 Å². The zero-order valence-corrected chi connectivity index (χ0v) is 17.4. The van der Waals surface area contributed by atoms with Crippen molar-refractivity contribution >= 4 is 28.1 Å². The van der Waals surface area contributed by atoms with Gasteiger partial charge in [-0.2, -0.15) is 10.4 Å². The summed E-state index contributed by atoms with van der Waals surface area (Å²) in [5, 5.41) is 13.1. The minimum absolute atomic E-state index is 0.0744. The third-order valence-corrected chi connectivity index (χ3v) is 4.88.